The Bertz CT molecular complexity index is 534. The molecule has 3 heterocycles. The normalized spacial score (nSPS) is 20.2. The fraction of sp³-hybridized carbons (Fsp3) is 0.538. The van der Waals surface area contributed by atoms with Gasteiger partial charge in [0.15, 0.2) is 5.75 Å². The second-order valence-corrected chi connectivity index (χ2v) is 5.82. The minimum atomic E-state index is 0.738. The molecule has 96 valence electrons. The van der Waals surface area contributed by atoms with Crippen LogP contribution in [0, 0.1) is 5.92 Å². The third kappa shape index (κ3) is 2.19. The summed E-state index contributed by atoms with van der Waals surface area (Å²) in [6.07, 6.45) is 5.67. The van der Waals surface area contributed by atoms with Crippen molar-refractivity contribution in [2.75, 3.05) is 18.6 Å². The summed E-state index contributed by atoms with van der Waals surface area (Å²) in [4.78, 5) is 0. The van der Waals surface area contributed by atoms with E-state index in [-0.39, 0.29) is 0 Å². The van der Waals surface area contributed by atoms with Crippen molar-refractivity contribution >= 4 is 17.4 Å². The number of hydrogen-bond donors (Lipinski definition) is 0. The highest BCUT2D eigenvalue weighted by Crippen LogP contribution is 2.26. The van der Waals surface area contributed by atoms with Crippen LogP contribution in [0.4, 0.5) is 0 Å². The summed E-state index contributed by atoms with van der Waals surface area (Å²) in [5.41, 5.74) is 0.818. The van der Waals surface area contributed by atoms with Crippen LogP contribution in [0.25, 0.3) is 5.65 Å². The van der Waals surface area contributed by atoms with E-state index in [2.05, 4.69) is 26.4 Å². The first-order valence-corrected chi connectivity index (χ1v) is 7.48. The van der Waals surface area contributed by atoms with E-state index in [1.165, 1.54) is 24.3 Å². The summed E-state index contributed by atoms with van der Waals surface area (Å²) >= 11 is 2.06. The second-order valence-electron chi connectivity index (χ2n) is 4.67. The van der Waals surface area contributed by atoms with Crippen LogP contribution in [0.2, 0.25) is 0 Å². The fourth-order valence-electron chi connectivity index (χ4n) is 2.46. The van der Waals surface area contributed by atoms with Crippen LogP contribution >= 0.6 is 11.8 Å². The molecule has 4 nitrogen and oxygen atoms in total. The third-order valence-electron chi connectivity index (χ3n) is 3.42. The Balaban J connectivity index is 1.88. The van der Waals surface area contributed by atoms with E-state index in [0.717, 1.165) is 29.6 Å². The first-order chi connectivity index (χ1) is 8.88. The Hall–Kier alpha value is -1.23. The number of hydrogen-bond acceptors (Lipinski definition) is 4. The highest BCUT2D eigenvalue weighted by Gasteiger charge is 2.18. The van der Waals surface area contributed by atoms with Crippen molar-refractivity contribution in [2.24, 2.45) is 5.92 Å². The van der Waals surface area contributed by atoms with E-state index in [1.54, 1.807) is 7.11 Å². The number of aromatic nitrogens is 3. The van der Waals surface area contributed by atoms with E-state index < -0.39 is 0 Å². The zero-order chi connectivity index (χ0) is 12.4. The molecule has 2 aromatic rings. The van der Waals surface area contributed by atoms with E-state index in [9.17, 15) is 0 Å². The van der Waals surface area contributed by atoms with Crippen molar-refractivity contribution < 1.29 is 4.74 Å². The van der Waals surface area contributed by atoms with Gasteiger partial charge in [-0.25, -0.2) is 0 Å². The predicted molar refractivity (Wildman–Crippen MR) is 73.3 cm³/mol. The van der Waals surface area contributed by atoms with Gasteiger partial charge in [0.2, 0.25) is 5.65 Å². The molecule has 1 aliphatic heterocycles. The van der Waals surface area contributed by atoms with Gasteiger partial charge in [-0.3, -0.25) is 4.40 Å². The molecular formula is C13H17N3OS. The van der Waals surface area contributed by atoms with Gasteiger partial charge in [0.25, 0.3) is 0 Å². The van der Waals surface area contributed by atoms with Gasteiger partial charge in [-0.15, -0.1) is 10.2 Å². The minimum absolute atomic E-state index is 0.738. The van der Waals surface area contributed by atoms with Gasteiger partial charge in [0, 0.05) is 12.6 Å². The maximum absolute atomic E-state index is 5.30. The van der Waals surface area contributed by atoms with Gasteiger partial charge in [-0.05, 0) is 42.4 Å². The molecule has 1 aliphatic rings. The Kier molecular flexibility index (Phi) is 3.41. The largest absolute Gasteiger partial charge is 0.493 e. The lowest BCUT2D eigenvalue weighted by Crippen LogP contribution is -2.14. The summed E-state index contributed by atoms with van der Waals surface area (Å²) in [5, 5.41) is 8.56. The van der Waals surface area contributed by atoms with Crippen molar-refractivity contribution in [3.63, 3.8) is 0 Å². The monoisotopic (exact) mass is 263 g/mol. The molecule has 0 aromatic carbocycles. The van der Waals surface area contributed by atoms with Gasteiger partial charge >= 0.3 is 0 Å². The minimum Gasteiger partial charge on any atom is -0.493 e. The van der Waals surface area contributed by atoms with Crippen molar-refractivity contribution in [3.8, 4) is 5.75 Å². The molecule has 0 radical (unpaired) electrons. The van der Waals surface area contributed by atoms with E-state index in [1.807, 2.05) is 18.3 Å². The molecule has 1 unspecified atom stereocenters. The van der Waals surface area contributed by atoms with Crippen LogP contribution in [-0.2, 0) is 6.42 Å². The number of rotatable bonds is 3. The lowest BCUT2D eigenvalue weighted by Gasteiger charge is -2.20. The van der Waals surface area contributed by atoms with Crippen molar-refractivity contribution in [2.45, 2.75) is 19.3 Å². The predicted octanol–water partition coefficient (Wildman–Crippen LogP) is 2.42. The van der Waals surface area contributed by atoms with Crippen molar-refractivity contribution in [3.05, 3.63) is 24.2 Å². The van der Waals surface area contributed by atoms with Crippen LogP contribution in [0.5, 0.6) is 5.75 Å². The molecule has 0 aliphatic carbocycles. The number of thioether (sulfide) groups is 1. The lowest BCUT2D eigenvalue weighted by molar-refractivity contribution is 0.416. The Morgan fingerprint density at radius 1 is 1.50 bits per heavy atom. The second kappa shape index (κ2) is 5.18. The quantitative estimate of drug-likeness (QED) is 0.852. The van der Waals surface area contributed by atoms with Crippen LogP contribution in [-0.4, -0.2) is 33.2 Å². The van der Waals surface area contributed by atoms with E-state index in [4.69, 9.17) is 4.74 Å². The molecule has 0 N–H and O–H groups in total. The SMILES string of the molecule is COc1cccn2c(CC3CCCSC3)nnc12. The maximum atomic E-state index is 5.30. The number of nitrogens with zero attached hydrogens (tertiary/aromatic N) is 3. The molecule has 0 bridgehead atoms. The summed E-state index contributed by atoms with van der Waals surface area (Å²) < 4.78 is 7.36. The topological polar surface area (TPSA) is 39.4 Å². The van der Waals surface area contributed by atoms with Gasteiger partial charge in [0.1, 0.15) is 5.82 Å². The van der Waals surface area contributed by atoms with Gasteiger partial charge in [-0.1, -0.05) is 0 Å². The number of ether oxygens (including phenoxy) is 1. The first-order valence-electron chi connectivity index (χ1n) is 6.33. The molecule has 1 fully saturated rings. The molecule has 18 heavy (non-hydrogen) atoms. The smallest absolute Gasteiger partial charge is 0.203 e. The molecular weight excluding hydrogens is 246 g/mol. The van der Waals surface area contributed by atoms with Gasteiger partial charge in [-0.2, -0.15) is 11.8 Å². The maximum Gasteiger partial charge on any atom is 0.203 e. The zero-order valence-corrected chi connectivity index (χ0v) is 11.3. The average molecular weight is 263 g/mol. The molecule has 5 heteroatoms. The summed E-state index contributed by atoms with van der Waals surface area (Å²) in [7, 11) is 1.67. The summed E-state index contributed by atoms with van der Waals surface area (Å²) in [6.45, 7) is 0. The van der Waals surface area contributed by atoms with Crippen LogP contribution in [0.15, 0.2) is 18.3 Å². The number of methoxy groups -OCH3 is 1. The lowest BCUT2D eigenvalue weighted by atomic mass is 10.0. The first kappa shape index (κ1) is 11.8. The molecule has 1 saturated heterocycles. The van der Waals surface area contributed by atoms with Gasteiger partial charge in [0.05, 0.1) is 7.11 Å². The molecule has 0 spiro atoms. The number of fused-ring (bicyclic) bond motifs is 1. The molecule has 0 saturated carbocycles. The Morgan fingerprint density at radius 2 is 2.44 bits per heavy atom. The zero-order valence-electron chi connectivity index (χ0n) is 10.5. The Labute approximate surface area is 111 Å². The molecule has 0 amide bonds. The average Bonchev–Trinajstić information content (AvgIpc) is 2.83. The molecule has 3 rings (SSSR count). The van der Waals surface area contributed by atoms with Crippen LogP contribution in [0.1, 0.15) is 18.7 Å². The standard InChI is InChI=1S/C13H17N3OS/c1-17-11-5-2-6-16-12(14-15-13(11)16)8-10-4-3-7-18-9-10/h2,5-6,10H,3-4,7-9H2,1H3. The molecule has 2 aromatic heterocycles. The highest BCUT2D eigenvalue weighted by molar-refractivity contribution is 7.99. The van der Waals surface area contributed by atoms with Crippen LogP contribution < -0.4 is 4.74 Å². The van der Waals surface area contributed by atoms with Gasteiger partial charge < -0.3 is 4.74 Å². The Morgan fingerprint density at radius 3 is 3.22 bits per heavy atom. The van der Waals surface area contributed by atoms with E-state index >= 15 is 0 Å². The van der Waals surface area contributed by atoms with Crippen molar-refractivity contribution in [1.29, 1.82) is 0 Å². The number of pyridine rings is 1. The van der Waals surface area contributed by atoms with Crippen LogP contribution in [0.3, 0.4) is 0 Å². The molecule has 1 atom stereocenters. The fourth-order valence-corrected chi connectivity index (χ4v) is 3.62. The summed E-state index contributed by atoms with van der Waals surface area (Å²) in [6, 6.07) is 3.90. The van der Waals surface area contributed by atoms with Crippen molar-refractivity contribution in [1.82, 2.24) is 14.6 Å². The highest BCUT2D eigenvalue weighted by atomic mass is 32.2. The summed E-state index contributed by atoms with van der Waals surface area (Å²) in [5.74, 6) is 5.14. The third-order valence-corrected chi connectivity index (χ3v) is 4.70. The van der Waals surface area contributed by atoms with E-state index in [0.29, 0.717) is 0 Å².